The van der Waals surface area contributed by atoms with Crippen molar-refractivity contribution in [2.75, 3.05) is 0 Å². The fourth-order valence-electron chi connectivity index (χ4n) is 2.13. The third kappa shape index (κ3) is 2.81. The Balaban J connectivity index is 1.94. The van der Waals surface area contributed by atoms with Gasteiger partial charge in [-0.05, 0) is 29.8 Å². The molecule has 0 amide bonds. The highest BCUT2D eigenvalue weighted by molar-refractivity contribution is 5.30. The molecule has 1 atom stereocenters. The van der Waals surface area contributed by atoms with Gasteiger partial charge in [0.25, 0.3) is 0 Å². The number of aromatic nitrogens is 3. The Kier molecular flexibility index (Phi) is 3.72. The second kappa shape index (κ2) is 5.82. The quantitative estimate of drug-likeness (QED) is 0.567. The van der Waals surface area contributed by atoms with Gasteiger partial charge in [-0.1, -0.05) is 30.3 Å². The minimum absolute atomic E-state index is 0.316. The molecule has 3 aromatic rings. The first kappa shape index (κ1) is 13.4. The summed E-state index contributed by atoms with van der Waals surface area (Å²) in [5.74, 6) is 5.27. The van der Waals surface area contributed by atoms with Gasteiger partial charge in [-0.25, -0.2) is 9.82 Å². The van der Waals surface area contributed by atoms with Crippen LogP contribution in [0.5, 0.6) is 0 Å². The number of rotatable bonds is 4. The zero-order valence-corrected chi connectivity index (χ0v) is 11.1. The monoisotopic (exact) mass is 283 g/mol. The lowest BCUT2D eigenvalue weighted by Gasteiger charge is -2.13. The van der Waals surface area contributed by atoms with Gasteiger partial charge in [-0.3, -0.25) is 5.84 Å². The van der Waals surface area contributed by atoms with Crippen LogP contribution in [0, 0.1) is 5.82 Å². The van der Waals surface area contributed by atoms with E-state index in [1.165, 1.54) is 16.9 Å². The Labute approximate surface area is 121 Å². The van der Waals surface area contributed by atoms with E-state index in [-0.39, 0.29) is 5.82 Å². The maximum absolute atomic E-state index is 13.3. The van der Waals surface area contributed by atoms with E-state index in [0.717, 1.165) is 5.69 Å². The van der Waals surface area contributed by atoms with E-state index in [1.807, 2.05) is 30.3 Å². The van der Waals surface area contributed by atoms with Gasteiger partial charge in [-0.15, -0.1) is 0 Å². The molecule has 0 saturated carbocycles. The van der Waals surface area contributed by atoms with Gasteiger partial charge >= 0.3 is 0 Å². The Morgan fingerprint density at radius 3 is 2.62 bits per heavy atom. The molecule has 1 heterocycles. The first-order chi connectivity index (χ1) is 10.3. The van der Waals surface area contributed by atoms with Crippen LogP contribution in [0.4, 0.5) is 4.39 Å². The summed E-state index contributed by atoms with van der Waals surface area (Å²) in [5.41, 5.74) is 4.80. The Morgan fingerprint density at radius 2 is 1.90 bits per heavy atom. The molecular weight excluding hydrogens is 269 g/mol. The molecule has 1 unspecified atom stereocenters. The van der Waals surface area contributed by atoms with Crippen molar-refractivity contribution in [3.05, 3.63) is 77.9 Å². The first-order valence-electron chi connectivity index (χ1n) is 6.47. The number of hydrogen-bond donors (Lipinski definition) is 2. The smallest absolute Gasteiger partial charge is 0.123 e. The van der Waals surface area contributed by atoms with E-state index in [9.17, 15) is 4.39 Å². The van der Waals surface area contributed by atoms with E-state index < -0.39 is 6.04 Å². The highest BCUT2D eigenvalue weighted by atomic mass is 19.1. The lowest BCUT2D eigenvalue weighted by atomic mass is 10.1. The highest BCUT2D eigenvalue weighted by Gasteiger charge is 2.17. The first-order valence-corrected chi connectivity index (χ1v) is 6.47. The molecule has 1 aromatic heterocycles. The second-order valence-corrected chi connectivity index (χ2v) is 4.55. The maximum atomic E-state index is 13.3. The summed E-state index contributed by atoms with van der Waals surface area (Å²) in [5, 5.41) is 8.62. The summed E-state index contributed by atoms with van der Waals surface area (Å²) < 4.78 is 13.3. The van der Waals surface area contributed by atoms with Crippen molar-refractivity contribution in [1.29, 1.82) is 0 Å². The zero-order valence-electron chi connectivity index (χ0n) is 11.1. The lowest BCUT2D eigenvalue weighted by Crippen LogP contribution is -2.29. The SMILES string of the molecule is NNC(c1cccc(F)c1)c1cnn(-c2ccccc2)n1. The van der Waals surface area contributed by atoms with Crippen molar-refractivity contribution in [2.24, 2.45) is 5.84 Å². The molecule has 2 aromatic carbocycles. The van der Waals surface area contributed by atoms with Gasteiger partial charge in [0.2, 0.25) is 0 Å². The van der Waals surface area contributed by atoms with Crippen molar-refractivity contribution in [3.8, 4) is 5.69 Å². The normalized spacial score (nSPS) is 12.3. The molecule has 0 aliphatic carbocycles. The van der Waals surface area contributed by atoms with Crippen LogP contribution in [-0.2, 0) is 0 Å². The number of nitrogens with two attached hydrogens (primary N) is 1. The molecular formula is C15H14FN5. The summed E-state index contributed by atoms with van der Waals surface area (Å²) in [6.07, 6.45) is 1.61. The molecule has 0 spiro atoms. The number of para-hydroxylation sites is 1. The molecule has 0 radical (unpaired) electrons. The molecule has 106 valence electrons. The summed E-state index contributed by atoms with van der Waals surface area (Å²) in [6, 6.07) is 15.3. The number of nitrogens with zero attached hydrogens (tertiary/aromatic N) is 3. The van der Waals surface area contributed by atoms with Crippen molar-refractivity contribution < 1.29 is 4.39 Å². The second-order valence-electron chi connectivity index (χ2n) is 4.55. The number of hydrazine groups is 1. The van der Waals surface area contributed by atoms with Crippen LogP contribution in [0.3, 0.4) is 0 Å². The lowest BCUT2D eigenvalue weighted by molar-refractivity contribution is 0.592. The van der Waals surface area contributed by atoms with Crippen LogP contribution < -0.4 is 11.3 Å². The number of nitrogens with one attached hydrogen (secondary N) is 1. The molecule has 21 heavy (non-hydrogen) atoms. The van der Waals surface area contributed by atoms with Gasteiger partial charge < -0.3 is 0 Å². The zero-order chi connectivity index (χ0) is 14.7. The van der Waals surface area contributed by atoms with Gasteiger partial charge in [-0.2, -0.15) is 15.0 Å². The number of halogens is 1. The predicted octanol–water partition coefficient (Wildman–Crippen LogP) is 1.96. The van der Waals surface area contributed by atoms with Gasteiger partial charge in [0.15, 0.2) is 0 Å². The average molecular weight is 283 g/mol. The minimum atomic E-state index is -0.418. The van der Waals surface area contributed by atoms with Crippen LogP contribution >= 0.6 is 0 Å². The van der Waals surface area contributed by atoms with Crippen LogP contribution in [-0.4, -0.2) is 15.0 Å². The molecule has 0 aliphatic rings. The summed E-state index contributed by atoms with van der Waals surface area (Å²) in [7, 11) is 0. The van der Waals surface area contributed by atoms with Crippen LogP contribution in [0.15, 0.2) is 60.8 Å². The number of benzene rings is 2. The Hall–Kier alpha value is -2.57. The van der Waals surface area contributed by atoms with E-state index in [1.54, 1.807) is 18.3 Å². The van der Waals surface area contributed by atoms with E-state index in [0.29, 0.717) is 11.3 Å². The fourth-order valence-corrected chi connectivity index (χ4v) is 2.13. The van der Waals surface area contributed by atoms with E-state index in [4.69, 9.17) is 5.84 Å². The van der Waals surface area contributed by atoms with Crippen molar-refractivity contribution >= 4 is 0 Å². The van der Waals surface area contributed by atoms with Gasteiger partial charge in [0.1, 0.15) is 11.5 Å². The highest BCUT2D eigenvalue weighted by Crippen LogP contribution is 2.20. The molecule has 0 saturated heterocycles. The fraction of sp³-hybridized carbons (Fsp3) is 0.0667. The minimum Gasteiger partial charge on any atom is -0.271 e. The summed E-state index contributed by atoms with van der Waals surface area (Å²) in [4.78, 5) is 1.51. The van der Waals surface area contributed by atoms with Crippen LogP contribution in [0.1, 0.15) is 17.3 Å². The largest absolute Gasteiger partial charge is 0.271 e. The Morgan fingerprint density at radius 1 is 1.10 bits per heavy atom. The maximum Gasteiger partial charge on any atom is 0.123 e. The van der Waals surface area contributed by atoms with Gasteiger partial charge in [0, 0.05) is 0 Å². The summed E-state index contributed by atoms with van der Waals surface area (Å²) in [6.45, 7) is 0. The van der Waals surface area contributed by atoms with Crippen molar-refractivity contribution in [2.45, 2.75) is 6.04 Å². The van der Waals surface area contributed by atoms with Crippen molar-refractivity contribution in [3.63, 3.8) is 0 Å². The van der Waals surface area contributed by atoms with Crippen molar-refractivity contribution in [1.82, 2.24) is 20.4 Å². The predicted molar refractivity (Wildman–Crippen MR) is 76.9 cm³/mol. The Bertz CT molecular complexity index is 726. The molecule has 5 nitrogen and oxygen atoms in total. The van der Waals surface area contributed by atoms with Crippen LogP contribution in [0.2, 0.25) is 0 Å². The van der Waals surface area contributed by atoms with E-state index in [2.05, 4.69) is 15.6 Å². The van der Waals surface area contributed by atoms with Crippen LogP contribution in [0.25, 0.3) is 5.69 Å². The number of hydrogen-bond acceptors (Lipinski definition) is 4. The molecule has 3 rings (SSSR count). The van der Waals surface area contributed by atoms with Gasteiger partial charge in [0.05, 0.1) is 17.9 Å². The third-order valence-electron chi connectivity index (χ3n) is 3.14. The summed E-state index contributed by atoms with van der Waals surface area (Å²) >= 11 is 0. The third-order valence-corrected chi connectivity index (χ3v) is 3.14. The molecule has 6 heteroatoms. The molecule has 0 aliphatic heterocycles. The molecule has 3 N–H and O–H groups in total. The average Bonchev–Trinajstić information content (AvgIpc) is 2.99. The molecule has 0 fully saturated rings. The van der Waals surface area contributed by atoms with E-state index >= 15 is 0 Å². The topological polar surface area (TPSA) is 68.8 Å². The molecule has 0 bridgehead atoms. The standard InChI is InChI=1S/C15H14FN5/c16-12-6-4-5-11(9-12)15(19-17)14-10-18-21(20-14)13-7-2-1-3-8-13/h1-10,15,19H,17H2.